The Morgan fingerprint density at radius 2 is 1.73 bits per heavy atom. The fraction of sp³-hybridized carbons (Fsp3) is 0.167. The van der Waals surface area contributed by atoms with Gasteiger partial charge in [0.15, 0.2) is 0 Å². The minimum absolute atomic E-state index is 1.08. The van der Waals surface area contributed by atoms with E-state index in [0.717, 1.165) is 4.90 Å². The van der Waals surface area contributed by atoms with E-state index >= 15 is 0 Å². The lowest BCUT2D eigenvalue weighted by Crippen LogP contribution is -1.83. The van der Waals surface area contributed by atoms with Crippen molar-refractivity contribution in [2.24, 2.45) is 0 Å². The third-order valence-corrected chi connectivity index (χ3v) is 3.06. The Bertz CT molecular complexity index is 468. The third-order valence-electron chi connectivity index (χ3n) is 2.24. The maximum Gasteiger partial charge on any atom is 0.0725 e. The highest BCUT2D eigenvalue weighted by atomic mass is 32.2. The molecule has 0 aliphatic carbocycles. The predicted molar refractivity (Wildman–Crippen MR) is 62.6 cm³/mol. The maximum atomic E-state index is 4.87. The summed E-state index contributed by atoms with van der Waals surface area (Å²) in [6.07, 6.45) is 0. The zero-order valence-electron chi connectivity index (χ0n) is 8.69. The van der Waals surface area contributed by atoms with Crippen LogP contribution in [0.4, 0.5) is 0 Å². The summed E-state index contributed by atoms with van der Waals surface area (Å²) in [5.74, 6) is 0. The van der Waals surface area contributed by atoms with Crippen LogP contribution in [0.15, 0.2) is 41.3 Å². The van der Waals surface area contributed by atoms with Gasteiger partial charge in [0.1, 0.15) is 0 Å². The Morgan fingerprint density at radius 1 is 1.07 bits per heavy atom. The van der Waals surface area contributed by atoms with Crippen molar-refractivity contribution in [2.45, 2.75) is 11.8 Å². The van der Waals surface area contributed by atoms with Gasteiger partial charge < -0.3 is 0 Å². The molecule has 2 rings (SSSR count). The van der Waals surface area contributed by atoms with Gasteiger partial charge in [-0.05, 0) is 29.3 Å². The van der Waals surface area contributed by atoms with Gasteiger partial charge in [-0.25, -0.2) is 4.89 Å². The quantitative estimate of drug-likeness (QED) is 0.446. The zero-order valence-corrected chi connectivity index (χ0v) is 9.51. The first kappa shape index (κ1) is 10.5. The van der Waals surface area contributed by atoms with Crippen LogP contribution in [0.25, 0.3) is 10.8 Å². The molecule has 0 heterocycles. The van der Waals surface area contributed by atoms with Gasteiger partial charge in [0.25, 0.3) is 0 Å². The maximum absolute atomic E-state index is 4.87. The Hall–Kier alpha value is -1.03. The third kappa shape index (κ3) is 2.31. The van der Waals surface area contributed by atoms with E-state index in [1.54, 1.807) is 0 Å². The van der Waals surface area contributed by atoms with Gasteiger partial charge in [-0.15, -0.1) is 0 Å². The molecule has 0 spiro atoms. The first-order valence-electron chi connectivity index (χ1n) is 4.68. The minimum Gasteiger partial charge on any atom is -0.227 e. The molecule has 0 radical (unpaired) electrons. The summed E-state index contributed by atoms with van der Waals surface area (Å²) in [5, 5.41) is 2.46. The molecule has 0 aromatic heterocycles. The lowest BCUT2D eigenvalue weighted by Gasteiger charge is -2.05. The molecule has 3 heteroatoms. The van der Waals surface area contributed by atoms with E-state index in [2.05, 4.69) is 36.1 Å². The van der Waals surface area contributed by atoms with Crippen LogP contribution in [0, 0.1) is 6.92 Å². The van der Waals surface area contributed by atoms with Gasteiger partial charge in [-0.1, -0.05) is 30.3 Å². The molecular formula is C12H12O2S. The molecule has 0 aliphatic rings. The van der Waals surface area contributed by atoms with E-state index in [-0.39, 0.29) is 0 Å². The van der Waals surface area contributed by atoms with Crippen LogP contribution in [0.2, 0.25) is 0 Å². The molecule has 0 fully saturated rings. The van der Waals surface area contributed by atoms with Crippen LogP contribution in [0.3, 0.4) is 0 Å². The van der Waals surface area contributed by atoms with Crippen LogP contribution < -0.4 is 0 Å². The molecule has 0 N–H and O–H groups in total. The smallest absolute Gasteiger partial charge is 0.0725 e. The fourth-order valence-corrected chi connectivity index (χ4v) is 2.00. The molecule has 0 bridgehead atoms. The van der Waals surface area contributed by atoms with Gasteiger partial charge in [0.05, 0.1) is 19.2 Å². The molecule has 0 unspecified atom stereocenters. The van der Waals surface area contributed by atoms with Crippen molar-refractivity contribution in [3.63, 3.8) is 0 Å². The van der Waals surface area contributed by atoms with E-state index in [9.17, 15) is 0 Å². The van der Waals surface area contributed by atoms with E-state index in [4.69, 9.17) is 4.33 Å². The largest absolute Gasteiger partial charge is 0.227 e. The Kier molecular flexibility index (Phi) is 3.26. The van der Waals surface area contributed by atoms with Gasteiger partial charge in [-0.3, -0.25) is 0 Å². The number of rotatable bonds is 3. The molecule has 0 aliphatic heterocycles. The lowest BCUT2D eigenvalue weighted by atomic mass is 10.1. The Labute approximate surface area is 93.3 Å². The second-order valence-electron chi connectivity index (χ2n) is 3.28. The topological polar surface area (TPSA) is 18.5 Å². The SMILES string of the molecule is COOSc1cc2ccccc2cc1C. The molecule has 0 saturated carbocycles. The summed E-state index contributed by atoms with van der Waals surface area (Å²) in [7, 11) is 1.50. The van der Waals surface area contributed by atoms with Crippen molar-refractivity contribution in [2.75, 3.05) is 7.11 Å². The molecule has 15 heavy (non-hydrogen) atoms. The van der Waals surface area contributed by atoms with Crippen LogP contribution in [-0.2, 0) is 9.22 Å². The summed E-state index contributed by atoms with van der Waals surface area (Å²) in [6.45, 7) is 2.06. The number of benzene rings is 2. The van der Waals surface area contributed by atoms with Crippen LogP contribution in [0.1, 0.15) is 5.56 Å². The summed E-state index contributed by atoms with van der Waals surface area (Å²) in [4.78, 5) is 5.65. The Morgan fingerprint density at radius 3 is 2.40 bits per heavy atom. The summed E-state index contributed by atoms with van der Waals surface area (Å²) in [5.41, 5.74) is 1.19. The molecule has 2 aromatic rings. The average Bonchev–Trinajstić information content (AvgIpc) is 2.26. The van der Waals surface area contributed by atoms with Gasteiger partial charge in [-0.2, -0.15) is 4.33 Å². The number of aryl methyl sites for hydroxylation is 1. The number of hydrogen-bond acceptors (Lipinski definition) is 3. The van der Waals surface area contributed by atoms with E-state index in [0.29, 0.717) is 0 Å². The highest BCUT2D eigenvalue weighted by molar-refractivity contribution is 7.94. The van der Waals surface area contributed by atoms with E-state index in [1.165, 1.54) is 35.5 Å². The lowest BCUT2D eigenvalue weighted by molar-refractivity contribution is -0.160. The van der Waals surface area contributed by atoms with Crippen molar-refractivity contribution in [3.8, 4) is 0 Å². The second kappa shape index (κ2) is 4.66. The molecular weight excluding hydrogens is 208 g/mol. The van der Waals surface area contributed by atoms with Gasteiger partial charge >= 0.3 is 0 Å². The van der Waals surface area contributed by atoms with Crippen LogP contribution in [0.5, 0.6) is 0 Å². The van der Waals surface area contributed by atoms with Crippen LogP contribution in [-0.4, -0.2) is 7.11 Å². The van der Waals surface area contributed by atoms with Crippen LogP contribution >= 0.6 is 12.0 Å². The fourth-order valence-electron chi connectivity index (χ4n) is 1.49. The average molecular weight is 220 g/mol. The second-order valence-corrected chi connectivity index (χ2v) is 4.03. The Balaban J connectivity index is 2.43. The molecule has 0 atom stereocenters. The van der Waals surface area contributed by atoms with Crippen molar-refractivity contribution >= 4 is 22.8 Å². The van der Waals surface area contributed by atoms with Crippen molar-refractivity contribution < 1.29 is 9.22 Å². The highest BCUT2D eigenvalue weighted by Crippen LogP contribution is 2.28. The van der Waals surface area contributed by atoms with E-state index in [1.807, 2.05) is 12.1 Å². The van der Waals surface area contributed by atoms with E-state index < -0.39 is 0 Å². The first-order valence-corrected chi connectivity index (χ1v) is 5.42. The zero-order chi connectivity index (χ0) is 10.7. The molecule has 2 nitrogen and oxygen atoms in total. The van der Waals surface area contributed by atoms with Crippen molar-refractivity contribution in [3.05, 3.63) is 42.0 Å². The first-order chi connectivity index (χ1) is 7.31. The van der Waals surface area contributed by atoms with Gasteiger partial charge in [0, 0.05) is 4.90 Å². The monoisotopic (exact) mass is 220 g/mol. The standard InChI is InChI=1S/C12H12O2S/c1-9-7-10-5-3-4-6-11(10)8-12(9)15-14-13-2/h3-8H,1-2H3. The highest BCUT2D eigenvalue weighted by Gasteiger charge is 2.02. The number of hydrogen-bond donors (Lipinski definition) is 0. The summed E-state index contributed by atoms with van der Waals surface area (Å²) < 4.78 is 4.87. The predicted octanol–water partition coefficient (Wildman–Crippen LogP) is 3.73. The molecule has 2 aromatic carbocycles. The summed E-state index contributed by atoms with van der Waals surface area (Å²) >= 11 is 1.24. The number of fused-ring (bicyclic) bond motifs is 1. The summed E-state index contributed by atoms with van der Waals surface area (Å²) in [6, 6.07) is 12.5. The van der Waals surface area contributed by atoms with Gasteiger partial charge in [0.2, 0.25) is 0 Å². The normalized spacial score (nSPS) is 10.8. The minimum atomic E-state index is 1.08. The van der Waals surface area contributed by atoms with Crippen molar-refractivity contribution in [1.82, 2.24) is 0 Å². The molecule has 0 amide bonds. The molecule has 78 valence electrons. The van der Waals surface area contributed by atoms with Crippen molar-refractivity contribution in [1.29, 1.82) is 0 Å². The molecule has 0 saturated heterocycles.